The fourth-order valence-electron chi connectivity index (χ4n) is 2.53. The zero-order valence-electron chi connectivity index (χ0n) is 14.8. The molecule has 1 fully saturated rings. The third-order valence-electron chi connectivity index (χ3n) is 3.74. The van der Waals surface area contributed by atoms with Gasteiger partial charge in [0.05, 0.1) is 5.02 Å². The largest absolute Gasteiger partial charge is 0.484 e. The van der Waals surface area contributed by atoms with E-state index in [0.717, 1.165) is 0 Å². The Bertz CT molecular complexity index is 908. The Hall–Kier alpha value is -2.02. The molecule has 8 heteroatoms. The van der Waals surface area contributed by atoms with E-state index in [-0.39, 0.29) is 12.5 Å². The molecule has 3 rings (SSSR count). The number of hydrogen-bond acceptors (Lipinski definition) is 4. The van der Waals surface area contributed by atoms with E-state index in [1.807, 2.05) is 13.8 Å². The molecule has 1 N–H and O–H groups in total. The minimum Gasteiger partial charge on any atom is -0.484 e. The van der Waals surface area contributed by atoms with Gasteiger partial charge in [-0.25, -0.2) is 0 Å². The number of ether oxygens (including phenoxy) is 1. The summed E-state index contributed by atoms with van der Waals surface area (Å²) in [6, 6.07) is 8.52. The van der Waals surface area contributed by atoms with E-state index in [0.29, 0.717) is 50.6 Å². The fourth-order valence-corrected chi connectivity index (χ4v) is 3.13. The van der Waals surface area contributed by atoms with Gasteiger partial charge in [0.1, 0.15) is 29.6 Å². The lowest BCUT2D eigenvalue weighted by Gasteiger charge is -2.15. The SMILES string of the molecule is CC(C)CN1C(=O)/C(=C\c2ccc(COc3cc(Cl)ccc3Cl)o2)NC1=S. The predicted octanol–water partition coefficient (Wildman–Crippen LogP) is 4.88. The van der Waals surface area contributed by atoms with Crippen molar-refractivity contribution in [1.29, 1.82) is 0 Å². The molecule has 2 aromatic rings. The Morgan fingerprint density at radius 3 is 2.81 bits per heavy atom. The van der Waals surface area contributed by atoms with Crippen LogP contribution >= 0.6 is 35.4 Å². The molecule has 5 nitrogen and oxygen atoms in total. The number of benzene rings is 1. The van der Waals surface area contributed by atoms with Crippen LogP contribution in [0.1, 0.15) is 25.4 Å². The Morgan fingerprint density at radius 1 is 1.30 bits per heavy atom. The highest BCUT2D eigenvalue weighted by atomic mass is 35.5. The van der Waals surface area contributed by atoms with Crippen molar-refractivity contribution in [2.75, 3.05) is 6.54 Å². The molecule has 0 radical (unpaired) electrons. The normalized spacial score (nSPS) is 15.7. The van der Waals surface area contributed by atoms with Crippen LogP contribution in [0.4, 0.5) is 0 Å². The molecule has 1 saturated heterocycles. The number of halogens is 2. The molecular formula is C19H18Cl2N2O3S. The van der Waals surface area contributed by atoms with E-state index in [1.54, 1.807) is 41.3 Å². The fraction of sp³-hybridized carbons (Fsp3) is 0.263. The van der Waals surface area contributed by atoms with E-state index in [2.05, 4.69) is 5.32 Å². The molecule has 0 bridgehead atoms. The van der Waals surface area contributed by atoms with Crippen LogP contribution in [0, 0.1) is 5.92 Å². The molecular weight excluding hydrogens is 407 g/mol. The van der Waals surface area contributed by atoms with Crippen molar-refractivity contribution in [2.45, 2.75) is 20.5 Å². The van der Waals surface area contributed by atoms with E-state index in [4.69, 9.17) is 44.6 Å². The summed E-state index contributed by atoms with van der Waals surface area (Å²) in [5, 5.41) is 4.34. The first-order valence-electron chi connectivity index (χ1n) is 8.34. The van der Waals surface area contributed by atoms with Crippen molar-refractivity contribution in [3.8, 4) is 5.75 Å². The third-order valence-corrected chi connectivity index (χ3v) is 4.61. The predicted molar refractivity (Wildman–Crippen MR) is 110 cm³/mol. The molecule has 1 aliphatic heterocycles. The van der Waals surface area contributed by atoms with E-state index < -0.39 is 0 Å². The van der Waals surface area contributed by atoms with Crippen molar-refractivity contribution in [3.05, 3.63) is 57.6 Å². The zero-order chi connectivity index (χ0) is 19.6. The summed E-state index contributed by atoms with van der Waals surface area (Å²) in [6.45, 7) is 4.81. The van der Waals surface area contributed by atoms with Crippen molar-refractivity contribution >= 4 is 52.5 Å². The minimum absolute atomic E-state index is 0.159. The van der Waals surface area contributed by atoms with Crippen LogP contribution in [-0.2, 0) is 11.4 Å². The van der Waals surface area contributed by atoms with Crippen LogP contribution in [0.5, 0.6) is 5.75 Å². The minimum atomic E-state index is -0.159. The number of furan rings is 1. The zero-order valence-corrected chi connectivity index (χ0v) is 17.1. The second-order valence-electron chi connectivity index (χ2n) is 6.47. The van der Waals surface area contributed by atoms with Crippen molar-refractivity contribution < 1.29 is 13.9 Å². The van der Waals surface area contributed by atoms with E-state index in [1.165, 1.54) is 0 Å². The quantitative estimate of drug-likeness (QED) is 0.528. The maximum absolute atomic E-state index is 12.5. The summed E-state index contributed by atoms with van der Waals surface area (Å²) in [5.74, 6) is 1.75. The van der Waals surface area contributed by atoms with Crippen LogP contribution in [0.15, 0.2) is 40.4 Å². The summed E-state index contributed by atoms with van der Waals surface area (Å²) in [5.41, 5.74) is 0.389. The van der Waals surface area contributed by atoms with Gasteiger partial charge in [0, 0.05) is 23.7 Å². The Balaban J connectivity index is 1.67. The Kier molecular flexibility index (Phi) is 6.09. The van der Waals surface area contributed by atoms with Gasteiger partial charge >= 0.3 is 0 Å². The molecule has 0 atom stereocenters. The van der Waals surface area contributed by atoms with Gasteiger partial charge < -0.3 is 14.5 Å². The van der Waals surface area contributed by atoms with Crippen LogP contribution in [0.2, 0.25) is 10.0 Å². The summed E-state index contributed by atoms with van der Waals surface area (Å²) in [6.07, 6.45) is 1.63. The van der Waals surface area contributed by atoms with Crippen molar-refractivity contribution in [1.82, 2.24) is 10.2 Å². The molecule has 1 aromatic heterocycles. The van der Waals surface area contributed by atoms with Gasteiger partial charge in [-0.2, -0.15) is 0 Å². The topological polar surface area (TPSA) is 54.7 Å². The molecule has 0 saturated carbocycles. The second kappa shape index (κ2) is 8.33. The Labute approximate surface area is 172 Å². The molecule has 27 heavy (non-hydrogen) atoms. The second-order valence-corrected chi connectivity index (χ2v) is 7.70. The monoisotopic (exact) mass is 424 g/mol. The highest BCUT2D eigenvalue weighted by Gasteiger charge is 2.31. The standard InChI is InChI=1S/C19H18Cl2N2O3S/c1-11(2)9-23-18(24)16(22-19(23)27)8-13-4-5-14(26-13)10-25-17-7-12(20)3-6-15(17)21/h3-8,11H,9-10H2,1-2H3,(H,22,27)/b16-8+. The van der Waals surface area contributed by atoms with Gasteiger partial charge in [0.15, 0.2) is 5.11 Å². The first-order chi connectivity index (χ1) is 12.8. The highest BCUT2D eigenvalue weighted by molar-refractivity contribution is 7.80. The van der Waals surface area contributed by atoms with Gasteiger partial charge in [-0.1, -0.05) is 37.0 Å². The summed E-state index contributed by atoms with van der Waals surface area (Å²) in [4.78, 5) is 14.0. The average molecular weight is 425 g/mol. The maximum Gasteiger partial charge on any atom is 0.276 e. The lowest BCUT2D eigenvalue weighted by Crippen LogP contribution is -2.33. The Morgan fingerprint density at radius 2 is 2.07 bits per heavy atom. The van der Waals surface area contributed by atoms with Crippen LogP contribution in [0.25, 0.3) is 6.08 Å². The lowest BCUT2D eigenvalue weighted by atomic mass is 10.2. The number of nitrogens with zero attached hydrogens (tertiary/aromatic N) is 1. The maximum atomic E-state index is 12.5. The van der Waals surface area contributed by atoms with Gasteiger partial charge in [-0.3, -0.25) is 9.69 Å². The highest BCUT2D eigenvalue weighted by Crippen LogP contribution is 2.28. The number of rotatable bonds is 6. The van der Waals surface area contributed by atoms with Gasteiger partial charge in [-0.15, -0.1) is 0 Å². The number of carbonyl (C=O) groups excluding carboxylic acids is 1. The first-order valence-corrected chi connectivity index (χ1v) is 9.51. The van der Waals surface area contributed by atoms with Crippen LogP contribution in [0.3, 0.4) is 0 Å². The van der Waals surface area contributed by atoms with E-state index in [9.17, 15) is 4.79 Å². The molecule has 2 heterocycles. The summed E-state index contributed by atoms with van der Waals surface area (Å²) < 4.78 is 11.3. The molecule has 0 aliphatic carbocycles. The lowest BCUT2D eigenvalue weighted by molar-refractivity contribution is -0.122. The summed E-state index contributed by atoms with van der Waals surface area (Å²) >= 11 is 17.2. The number of thiocarbonyl (C=S) groups is 1. The van der Waals surface area contributed by atoms with E-state index >= 15 is 0 Å². The molecule has 0 spiro atoms. The van der Waals surface area contributed by atoms with Gasteiger partial charge in [-0.05, 0) is 42.4 Å². The number of nitrogens with one attached hydrogen (secondary N) is 1. The number of carbonyl (C=O) groups is 1. The van der Waals surface area contributed by atoms with Crippen LogP contribution in [-0.4, -0.2) is 22.5 Å². The third kappa shape index (κ3) is 4.83. The number of hydrogen-bond donors (Lipinski definition) is 1. The number of amides is 1. The first kappa shape index (κ1) is 19.7. The van der Waals surface area contributed by atoms with Crippen molar-refractivity contribution in [2.24, 2.45) is 5.92 Å². The molecule has 1 amide bonds. The van der Waals surface area contributed by atoms with Gasteiger partial charge in [0.25, 0.3) is 5.91 Å². The van der Waals surface area contributed by atoms with Crippen molar-refractivity contribution in [3.63, 3.8) is 0 Å². The molecule has 142 valence electrons. The molecule has 1 aliphatic rings. The van der Waals surface area contributed by atoms with Gasteiger partial charge in [0.2, 0.25) is 0 Å². The smallest absolute Gasteiger partial charge is 0.276 e. The molecule has 1 aromatic carbocycles. The summed E-state index contributed by atoms with van der Waals surface area (Å²) in [7, 11) is 0. The molecule has 0 unspecified atom stereocenters. The van der Waals surface area contributed by atoms with Crippen LogP contribution < -0.4 is 10.1 Å². The average Bonchev–Trinajstić information content (AvgIpc) is 3.15.